The number of aliphatic hydroxyl groups is 1. The number of para-hydroxylation sites is 1. The number of benzene rings is 2. The quantitative estimate of drug-likeness (QED) is 0.279. The summed E-state index contributed by atoms with van der Waals surface area (Å²) in [5.74, 6) is -0.860. The van der Waals surface area contributed by atoms with Gasteiger partial charge in [0.2, 0.25) is 0 Å². The Morgan fingerprint density at radius 2 is 1.76 bits per heavy atom. The lowest BCUT2D eigenvalue weighted by atomic mass is 9.95. The first-order valence-corrected chi connectivity index (χ1v) is 12.8. The summed E-state index contributed by atoms with van der Waals surface area (Å²) in [7, 11) is 1.58. The van der Waals surface area contributed by atoms with Crippen LogP contribution in [0.4, 0.5) is 0 Å². The Balaban J connectivity index is 1.51. The van der Waals surface area contributed by atoms with Gasteiger partial charge in [-0.2, -0.15) is 5.10 Å². The molecule has 9 nitrogen and oxygen atoms in total. The first-order valence-electron chi connectivity index (χ1n) is 12.8. The van der Waals surface area contributed by atoms with E-state index in [1.165, 1.54) is 6.20 Å². The second-order valence-electron chi connectivity index (χ2n) is 9.46. The molecule has 1 aromatic heterocycles. The second kappa shape index (κ2) is 11.2. The molecule has 1 atom stereocenters. The fourth-order valence-corrected chi connectivity index (χ4v) is 5.15. The van der Waals surface area contributed by atoms with E-state index in [0.29, 0.717) is 43.2 Å². The molecule has 0 radical (unpaired) electrons. The van der Waals surface area contributed by atoms with E-state index in [2.05, 4.69) is 10.00 Å². The van der Waals surface area contributed by atoms with Gasteiger partial charge in [-0.1, -0.05) is 30.3 Å². The van der Waals surface area contributed by atoms with Crippen molar-refractivity contribution in [3.05, 3.63) is 83.2 Å². The number of nitrogens with zero attached hydrogens (tertiary/aromatic N) is 4. The van der Waals surface area contributed by atoms with Crippen molar-refractivity contribution in [2.45, 2.75) is 19.4 Å². The number of carbonyl (C=O) groups is 2. The minimum absolute atomic E-state index is 0.0715. The van der Waals surface area contributed by atoms with Crippen LogP contribution in [0.5, 0.6) is 5.75 Å². The van der Waals surface area contributed by atoms with Gasteiger partial charge in [0.05, 0.1) is 55.1 Å². The van der Waals surface area contributed by atoms with Crippen LogP contribution in [0.1, 0.15) is 29.3 Å². The highest BCUT2D eigenvalue weighted by molar-refractivity contribution is 6.46. The average Bonchev–Trinajstić information content (AvgIpc) is 3.46. The van der Waals surface area contributed by atoms with E-state index >= 15 is 0 Å². The number of Topliss-reactive ketones (excluding diaryl/α,β-unsaturated/α-hetero) is 1. The van der Waals surface area contributed by atoms with Crippen molar-refractivity contribution in [1.82, 2.24) is 19.6 Å². The first kappa shape index (κ1) is 25.7. The number of amides is 1. The summed E-state index contributed by atoms with van der Waals surface area (Å²) in [5.41, 5.74) is 2.71. The maximum atomic E-state index is 13.4. The van der Waals surface area contributed by atoms with Gasteiger partial charge in [-0.25, -0.2) is 4.68 Å². The molecule has 2 aromatic carbocycles. The van der Waals surface area contributed by atoms with Crippen LogP contribution in [-0.2, 0) is 14.3 Å². The van der Waals surface area contributed by atoms with Crippen LogP contribution < -0.4 is 4.74 Å². The minimum atomic E-state index is -0.718. The summed E-state index contributed by atoms with van der Waals surface area (Å²) in [5, 5.41) is 16.0. The minimum Gasteiger partial charge on any atom is -0.507 e. The molecule has 0 bridgehead atoms. The Morgan fingerprint density at radius 1 is 1.05 bits per heavy atom. The molecule has 38 heavy (non-hydrogen) atoms. The van der Waals surface area contributed by atoms with Crippen LogP contribution in [0.2, 0.25) is 0 Å². The normalized spacial score (nSPS) is 19.7. The van der Waals surface area contributed by atoms with Crippen LogP contribution in [0.15, 0.2) is 66.4 Å². The molecule has 9 heteroatoms. The number of likely N-dealkylation sites (tertiary alicyclic amines) is 1. The highest BCUT2D eigenvalue weighted by Crippen LogP contribution is 2.40. The molecule has 3 aromatic rings. The number of aliphatic hydroxyl groups excluding tert-OH is 1. The van der Waals surface area contributed by atoms with Gasteiger partial charge >= 0.3 is 0 Å². The number of morpholine rings is 1. The van der Waals surface area contributed by atoms with Crippen molar-refractivity contribution in [1.29, 1.82) is 0 Å². The molecule has 0 saturated carbocycles. The zero-order valence-electron chi connectivity index (χ0n) is 21.7. The number of rotatable bonds is 8. The Kier molecular flexibility index (Phi) is 7.57. The zero-order valence-corrected chi connectivity index (χ0v) is 21.7. The van der Waals surface area contributed by atoms with Gasteiger partial charge in [-0.05, 0) is 43.2 Å². The number of hydrogen-bond acceptors (Lipinski definition) is 7. The van der Waals surface area contributed by atoms with Gasteiger partial charge in [0.25, 0.3) is 11.7 Å². The Bertz CT molecular complexity index is 1330. The lowest BCUT2D eigenvalue weighted by Gasteiger charge is -2.29. The maximum Gasteiger partial charge on any atom is 0.295 e. The van der Waals surface area contributed by atoms with E-state index in [-0.39, 0.29) is 11.3 Å². The Morgan fingerprint density at radius 3 is 2.45 bits per heavy atom. The molecule has 1 unspecified atom stereocenters. The van der Waals surface area contributed by atoms with E-state index < -0.39 is 17.7 Å². The predicted molar refractivity (Wildman–Crippen MR) is 142 cm³/mol. The molecule has 2 fully saturated rings. The lowest BCUT2D eigenvalue weighted by molar-refractivity contribution is -0.140. The van der Waals surface area contributed by atoms with E-state index in [1.54, 1.807) is 28.8 Å². The monoisotopic (exact) mass is 516 g/mol. The van der Waals surface area contributed by atoms with Gasteiger partial charge in [-0.3, -0.25) is 14.5 Å². The highest BCUT2D eigenvalue weighted by Gasteiger charge is 2.46. The number of ether oxygens (including phenoxy) is 2. The van der Waals surface area contributed by atoms with Crippen molar-refractivity contribution in [2.75, 3.05) is 46.5 Å². The summed E-state index contributed by atoms with van der Waals surface area (Å²) >= 11 is 0. The zero-order chi connectivity index (χ0) is 26.6. The van der Waals surface area contributed by atoms with Crippen LogP contribution in [-0.4, -0.2) is 82.9 Å². The molecule has 1 N–H and O–H groups in total. The molecule has 2 aliphatic heterocycles. The second-order valence-corrected chi connectivity index (χ2v) is 9.46. The fraction of sp³-hybridized carbons (Fsp3) is 0.345. The number of carbonyl (C=O) groups excluding carboxylic acids is 2. The van der Waals surface area contributed by atoms with Crippen LogP contribution in [0.25, 0.3) is 11.4 Å². The van der Waals surface area contributed by atoms with Crippen molar-refractivity contribution < 1.29 is 24.2 Å². The maximum absolute atomic E-state index is 13.4. The molecule has 2 aliphatic rings. The summed E-state index contributed by atoms with van der Waals surface area (Å²) in [6.07, 6.45) is 2.24. The van der Waals surface area contributed by atoms with Gasteiger partial charge in [0.15, 0.2) is 0 Å². The molecular weight excluding hydrogens is 484 g/mol. The van der Waals surface area contributed by atoms with Crippen molar-refractivity contribution in [3.63, 3.8) is 0 Å². The van der Waals surface area contributed by atoms with Crippen molar-refractivity contribution >= 4 is 17.4 Å². The molecule has 2 saturated heterocycles. The largest absolute Gasteiger partial charge is 0.507 e. The molecule has 0 spiro atoms. The van der Waals surface area contributed by atoms with E-state index in [1.807, 2.05) is 49.4 Å². The number of aromatic nitrogens is 2. The molecule has 5 rings (SSSR count). The van der Waals surface area contributed by atoms with Crippen LogP contribution in [0, 0.1) is 6.92 Å². The third-order valence-corrected chi connectivity index (χ3v) is 7.21. The lowest BCUT2D eigenvalue weighted by Crippen LogP contribution is -2.38. The standard InChI is InChI=1S/C29H32N4O5/c1-20-24(19-30-33(20)22-7-4-3-5-8-22)27(34)25-26(21-9-11-23(37-2)12-10-21)32(29(36)28(25)35)14-6-13-31-15-17-38-18-16-31/h3-5,7-12,19,26,34H,6,13-18H2,1-2H3/b27-25+. The fourth-order valence-electron chi connectivity index (χ4n) is 5.15. The molecule has 1 amide bonds. The number of methoxy groups -OCH3 is 1. The third kappa shape index (κ3) is 4.94. The van der Waals surface area contributed by atoms with Crippen molar-refractivity contribution in [3.8, 4) is 11.4 Å². The SMILES string of the molecule is COc1ccc(C2/C(=C(\O)c3cnn(-c4ccccc4)c3C)C(=O)C(=O)N2CCCN2CCOCC2)cc1. The van der Waals surface area contributed by atoms with Gasteiger partial charge in [0, 0.05) is 26.2 Å². The van der Waals surface area contributed by atoms with E-state index in [0.717, 1.165) is 30.9 Å². The van der Waals surface area contributed by atoms with Crippen LogP contribution in [0.3, 0.4) is 0 Å². The Labute approximate surface area is 221 Å². The summed E-state index contributed by atoms with van der Waals surface area (Å²) in [6.45, 7) is 6.12. The summed E-state index contributed by atoms with van der Waals surface area (Å²) < 4.78 is 12.4. The van der Waals surface area contributed by atoms with Gasteiger partial charge in [-0.15, -0.1) is 0 Å². The third-order valence-electron chi connectivity index (χ3n) is 7.21. The topological polar surface area (TPSA) is 97.1 Å². The van der Waals surface area contributed by atoms with Crippen molar-refractivity contribution in [2.24, 2.45) is 0 Å². The highest BCUT2D eigenvalue weighted by atomic mass is 16.5. The molecular formula is C29H32N4O5. The smallest absolute Gasteiger partial charge is 0.295 e. The number of hydrogen-bond donors (Lipinski definition) is 1. The average molecular weight is 517 g/mol. The van der Waals surface area contributed by atoms with Crippen LogP contribution >= 0.6 is 0 Å². The van der Waals surface area contributed by atoms with E-state index in [9.17, 15) is 14.7 Å². The van der Waals surface area contributed by atoms with Gasteiger partial charge < -0.3 is 19.5 Å². The summed E-state index contributed by atoms with van der Waals surface area (Å²) in [6, 6.07) is 16.1. The Hall–Kier alpha value is -3.95. The predicted octanol–water partition coefficient (Wildman–Crippen LogP) is 3.33. The van der Waals surface area contributed by atoms with Gasteiger partial charge in [0.1, 0.15) is 11.5 Å². The molecule has 3 heterocycles. The first-order chi connectivity index (χ1) is 18.5. The number of ketones is 1. The van der Waals surface area contributed by atoms with E-state index in [4.69, 9.17) is 9.47 Å². The molecule has 0 aliphatic carbocycles. The summed E-state index contributed by atoms with van der Waals surface area (Å²) in [4.78, 5) is 30.6. The molecule has 198 valence electrons.